The van der Waals surface area contributed by atoms with E-state index in [0.717, 1.165) is 29.2 Å². The van der Waals surface area contributed by atoms with Crippen molar-refractivity contribution < 1.29 is 4.79 Å². The molecule has 1 aliphatic rings. The zero-order valence-electron chi connectivity index (χ0n) is 11.0. The van der Waals surface area contributed by atoms with Crippen LogP contribution in [0.2, 0.25) is 0 Å². The van der Waals surface area contributed by atoms with Crippen LogP contribution in [-0.2, 0) is 4.79 Å². The highest BCUT2D eigenvalue weighted by molar-refractivity contribution is 6.04. The molecule has 0 atom stereocenters. The summed E-state index contributed by atoms with van der Waals surface area (Å²) in [5, 5.41) is 14.2. The number of fused-ring (bicyclic) bond motifs is 1. The molecule has 3 rings (SSSR count). The highest BCUT2D eigenvalue weighted by Crippen LogP contribution is 2.22. The Morgan fingerprint density at radius 3 is 2.70 bits per heavy atom. The third-order valence-corrected chi connectivity index (χ3v) is 3.40. The summed E-state index contributed by atoms with van der Waals surface area (Å²) in [5.41, 5.74) is 1.05. The van der Waals surface area contributed by atoms with Gasteiger partial charge in [-0.05, 0) is 35.3 Å². The normalized spacial score (nSPS) is 14.8. The molecule has 1 N–H and O–H groups in total. The zero-order chi connectivity index (χ0) is 13.9. The molecule has 0 aliphatic heterocycles. The maximum atomic E-state index is 12.0. The van der Waals surface area contributed by atoms with E-state index in [2.05, 4.69) is 5.32 Å². The van der Waals surface area contributed by atoms with Gasteiger partial charge in [-0.1, -0.05) is 42.5 Å². The van der Waals surface area contributed by atoms with Crippen LogP contribution < -0.4 is 5.32 Å². The molecule has 0 heterocycles. The Morgan fingerprint density at radius 2 is 1.95 bits per heavy atom. The van der Waals surface area contributed by atoms with Crippen molar-refractivity contribution in [3.63, 3.8) is 0 Å². The summed E-state index contributed by atoms with van der Waals surface area (Å²) in [4.78, 5) is 12.0. The molecule has 0 aromatic heterocycles. The van der Waals surface area contributed by atoms with Crippen LogP contribution in [0, 0.1) is 11.3 Å². The second-order valence-electron chi connectivity index (χ2n) is 4.99. The lowest BCUT2D eigenvalue weighted by molar-refractivity contribution is -0.117. The minimum absolute atomic E-state index is 0.160. The maximum Gasteiger partial charge on any atom is 0.262 e. The van der Waals surface area contributed by atoms with Crippen LogP contribution >= 0.6 is 0 Å². The average Bonchev–Trinajstić information content (AvgIpc) is 3.28. The predicted octanol–water partition coefficient (Wildman–Crippen LogP) is 3.03. The Labute approximate surface area is 117 Å². The van der Waals surface area contributed by atoms with E-state index >= 15 is 0 Å². The van der Waals surface area contributed by atoms with Gasteiger partial charge in [0.05, 0.1) is 0 Å². The molecule has 1 amide bonds. The van der Waals surface area contributed by atoms with Gasteiger partial charge in [-0.15, -0.1) is 0 Å². The lowest BCUT2D eigenvalue weighted by atomic mass is 10.0. The summed E-state index contributed by atoms with van der Waals surface area (Å²) in [6.07, 6.45) is 3.69. The van der Waals surface area contributed by atoms with Crippen LogP contribution in [0.4, 0.5) is 0 Å². The molecule has 2 aromatic carbocycles. The Balaban J connectivity index is 1.99. The van der Waals surface area contributed by atoms with Crippen molar-refractivity contribution in [2.45, 2.75) is 18.9 Å². The van der Waals surface area contributed by atoms with E-state index in [4.69, 9.17) is 0 Å². The molecule has 0 saturated heterocycles. The molecular formula is C17H14N2O. The summed E-state index contributed by atoms with van der Waals surface area (Å²) in [7, 11) is 0. The van der Waals surface area contributed by atoms with Crippen LogP contribution in [0.25, 0.3) is 16.8 Å². The molecule has 98 valence electrons. The number of carbonyl (C=O) groups is 1. The number of carbonyl (C=O) groups excluding carboxylic acids is 1. The number of hydrogen-bond donors (Lipinski definition) is 1. The molecule has 0 bridgehead atoms. The van der Waals surface area contributed by atoms with Gasteiger partial charge < -0.3 is 5.32 Å². The van der Waals surface area contributed by atoms with Crippen molar-refractivity contribution >= 4 is 22.8 Å². The van der Waals surface area contributed by atoms with Gasteiger partial charge in [0.1, 0.15) is 11.6 Å². The van der Waals surface area contributed by atoms with Gasteiger partial charge in [-0.25, -0.2) is 0 Å². The van der Waals surface area contributed by atoms with Gasteiger partial charge in [0.2, 0.25) is 0 Å². The van der Waals surface area contributed by atoms with Crippen LogP contribution in [0.5, 0.6) is 0 Å². The van der Waals surface area contributed by atoms with Crippen molar-refractivity contribution in [1.29, 1.82) is 5.26 Å². The third-order valence-electron chi connectivity index (χ3n) is 3.40. The molecular weight excluding hydrogens is 248 g/mol. The predicted molar refractivity (Wildman–Crippen MR) is 78.7 cm³/mol. The fourth-order valence-electron chi connectivity index (χ4n) is 2.17. The second-order valence-corrected chi connectivity index (χ2v) is 4.99. The van der Waals surface area contributed by atoms with Gasteiger partial charge >= 0.3 is 0 Å². The molecule has 2 aromatic rings. The van der Waals surface area contributed by atoms with Crippen LogP contribution in [0.15, 0.2) is 48.0 Å². The first-order valence-corrected chi connectivity index (χ1v) is 6.68. The Bertz CT molecular complexity index is 731. The number of rotatable bonds is 3. The van der Waals surface area contributed by atoms with E-state index in [1.807, 2.05) is 48.5 Å². The van der Waals surface area contributed by atoms with Crippen LogP contribution in [0.1, 0.15) is 18.4 Å². The van der Waals surface area contributed by atoms with Crippen molar-refractivity contribution in [3.8, 4) is 6.07 Å². The first-order chi connectivity index (χ1) is 9.78. The smallest absolute Gasteiger partial charge is 0.262 e. The van der Waals surface area contributed by atoms with E-state index in [1.165, 1.54) is 0 Å². The topological polar surface area (TPSA) is 52.9 Å². The van der Waals surface area contributed by atoms with E-state index in [9.17, 15) is 10.1 Å². The van der Waals surface area contributed by atoms with Gasteiger partial charge in [-0.2, -0.15) is 5.26 Å². The first kappa shape index (κ1) is 12.4. The molecule has 0 unspecified atom stereocenters. The average molecular weight is 262 g/mol. The number of nitriles is 1. The van der Waals surface area contributed by atoms with Gasteiger partial charge in [0, 0.05) is 6.04 Å². The Morgan fingerprint density at radius 1 is 1.20 bits per heavy atom. The summed E-state index contributed by atoms with van der Waals surface area (Å²) in [6.45, 7) is 0. The van der Waals surface area contributed by atoms with Crippen molar-refractivity contribution in [2.24, 2.45) is 0 Å². The number of hydrogen-bond acceptors (Lipinski definition) is 2. The van der Waals surface area contributed by atoms with E-state index in [-0.39, 0.29) is 17.5 Å². The molecule has 0 radical (unpaired) electrons. The number of benzene rings is 2. The number of nitrogens with zero attached hydrogens (tertiary/aromatic N) is 1. The van der Waals surface area contributed by atoms with Crippen LogP contribution in [0.3, 0.4) is 0 Å². The highest BCUT2D eigenvalue weighted by atomic mass is 16.1. The highest BCUT2D eigenvalue weighted by Gasteiger charge is 2.24. The fraction of sp³-hybridized carbons (Fsp3) is 0.176. The minimum Gasteiger partial charge on any atom is -0.349 e. The molecule has 1 aliphatic carbocycles. The largest absolute Gasteiger partial charge is 0.349 e. The minimum atomic E-state index is -0.275. The molecule has 3 nitrogen and oxygen atoms in total. The monoisotopic (exact) mass is 262 g/mol. The van der Waals surface area contributed by atoms with Gasteiger partial charge in [0.15, 0.2) is 0 Å². The summed E-state index contributed by atoms with van der Waals surface area (Å²) in [5.74, 6) is -0.275. The molecule has 1 fully saturated rings. The Hall–Kier alpha value is -2.60. The molecule has 1 saturated carbocycles. The SMILES string of the molecule is N#C/C(=C/c1cccc2ccccc12)C(=O)NC1CC1. The van der Waals surface area contributed by atoms with Crippen molar-refractivity contribution in [2.75, 3.05) is 0 Å². The lowest BCUT2D eigenvalue weighted by Gasteiger charge is -2.04. The molecule has 0 spiro atoms. The van der Waals surface area contributed by atoms with Crippen molar-refractivity contribution in [3.05, 3.63) is 53.6 Å². The van der Waals surface area contributed by atoms with E-state index in [1.54, 1.807) is 6.08 Å². The second kappa shape index (κ2) is 5.18. The number of amides is 1. The summed E-state index contributed by atoms with van der Waals surface area (Å²) >= 11 is 0. The number of nitrogens with one attached hydrogen (secondary N) is 1. The maximum absolute atomic E-state index is 12.0. The third kappa shape index (κ3) is 2.55. The Kier molecular flexibility index (Phi) is 3.22. The van der Waals surface area contributed by atoms with Gasteiger partial charge in [-0.3, -0.25) is 4.79 Å². The summed E-state index contributed by atoms with van der Waals surface area (Å²) < 4.78 is 0. The van der Waals surface area contributed by atoms with Gasteiger partial charge in [0.25, 0.3) is 5.91 Å². The van der Waals surface area contributed by atoms with Crippen LogP contribution in [-0.4, -0.2) is 11.9 Å². The first-order valence-electron chi connectivity index (χ1n) is 6.68. The quantitative estimate of drug-likeness (QED) is 0.682. The standard InChI is InChI=1S/C17H14N2O/c18-11-14(17(20)19-15-8-9-15)10-13-6-3-5-12-4-1-2-7-16(12)13/h1-7,10,15H,8-9H2,(H,19,20)/b14-10-. The zero-order valence-corrected chi connectivity index (χ0v) is 11.0. The lowest BCUT2D eigenvalue weighted by Crippen LogP contribution is -2.26. The summed E-state index contributed by atoms with van der Waals surface area (Å²) in [6, 6.07) is 16.1. The molecule has 20 heavy (non-hydrogen) atoms. The van der Waals surface area contributed by atoms with Crippen molar-refractivity contribution in [1.82, 2.24) is 5.32 Å². The van der Waals surface area contributed by atoms with E-state index in [0.29, 0.717) is 0 Å². The van der Waals surface area contributed by atoms with E-state index < -0.39 is 0 Å². The fourth-order valence-corrected chi connectivity index (χ4v) is 2.17. The molecule has 3 heteroatoms.